The molecule has 2 heterocycles. The smallest absolute Gasteiger partial charge is 0.352 e. The fourth-order valence-corrected chi connectivity index (χ4v) is 4.72. The number of benzene rings is 1. The summed E-state index contributed by atoms with van der Waals surface area (Å²) in [6, 6.07) is 8.84. The number of carboxylic acid groups (broad SMARTS) is 1. The van der Waals surface area contributed by atoms with Crippen molar-refractivity contribution in [1.29, 1.82) is 0 Å². The molecule has 0 bridgehead atoms. The summed E-state index contributed by atoms with van der Waals surface area (Å²) in [6.07, 6.45) is 0.227. The lowest BCUT2D eigenvalue weighted by molar-refractivity contribution is -0.151. The maximum atomic E-state index is 12.6. The summed E-state index contributed by atoms with van der Waals surface area (Å²) in [7, 11) is 0. The Hall–Kier alpha value is -2.81. The Morgan fingerprint density at radius 3 is 2.62 bits per heavy atom. The third-order valence-electron chi connectivity index (χ3n) is 4.88. The van der Waals surface area contributed by atoms with Crippen LogP contribution >= 0.6 is 11.8 Å². The first-order chi connectivity index (χ1) is 13.8. The number of carbonyl (C=O) groups excluding carboxylic acids is 3. The van der Waals surface area contributed by atoms with Crippen molar-refractivity contribution in [1.82, 2.24) is 10.2 Å². The van der Waals surface area contributed by atoms with Crippen LogP contribution in [-0.4, -0.2) is 57.5 Å². The highest BCUT2D eigenvalue weighted by Gasteiger charge is 2.54. The highest BCUT2D eigenvalue weighted by Crippen LogP contribution is 2.40. The molecule has 3 atom stereocenters. The number of hydrogen-bond acceptors (Lipinski definition) is 6. The summed E-state index contributed by atoms with van der Waals surface area (Å²) in [5.74, 6) is -2.22. The van der Waals surface area contributed by atoms with E-state index in [4.69, 9.17) is 4.74 Å². The SMILES string of the molecule is CC(=O)OCC1=C(C(=O)O)N2C(=O)[C@H](NC(=O)C[C@@H](C)c3ccccc3)[C@@H]2SC1. The van der Waals surface area contributed by atoms with E-state index in [0.717, 1.165) is 5.56 Å². The first kappa shape index (κ1) is 20.9. The van der Waals surface area contributed by atoms with Crippen LogP contribution in [0.2, 0.25) is 0 Å². The zero-order valence-electron chi connectivity index (χ0n) is 16.1. The van der Waals surface area contributed by atoms with Gasteiger partial charge in [0.2, 0.25) is 5.91 Å². The number of thioether (sulfide) groups is 1. The first-order valence-corrected chi connectivity index (χ1v) is 10.2. The number of carboxylic acids is 1. The van der Waals surface area contributed by atoms with Crippen LogP contribution in [0.15, 0.2) is 41.6 Å². The Morgan fingerprint density at radius 2 is 2.00 bits per heavy atom. The molecule has 9 heteroatoms. The van der Waals surface area contributed by atoms with E-state index in [9.17, 15) is 24.3 Å². The van der Waals surface area contributed by atoms with E-state index in [2.05, 4.69) is 5.32 Å². The van der Waals surface area contributed by atoms with Gasteiger partial charge in [-0.05, 0) is 11.5 Å². The van der Waals surface area contributed by atoms with Crippen LogP contribution in [0.4, 0.5) is 0 Å². The van der Waals surface area contributed by atoms with Gasteiger partial charge in [0, 0.05) is 24.7 Å². The van der Waals surface area contributed by atoms with Crippen molar-refractivity contribution in [2.75, 3.05) is 12.4 Å². The molecule has 1 saturated heterocycles. The number of nitrogens with one attached hydrogen (secondary N) is 1. The van der Waals surface area contributed by atoms with Gasteiger partial charge >= 0.3 is 11.9 Å². The van der Waals surface area contributed by atoms with Crippen LogP contribution in [-0.2, 0) is 23.9 Å². The monoisotopic (exact) mass is 418 g/mol. The molecule has 0 aliphatic carbocycles. The van der Waals surface area contributed by atoms with Gasteiger partial charge in [0.05, 0.1) is 0 Å². The number of fused-ring (bicyclic) bond motifs is 1. The Labute approximate surface area is 172 Å². The van der Waals surface area contributed by atoms with Crippen molar-refractivity contribution in [2.45, 2.75) is 37.6 Å². The molecular formula is C20H22N2O6S. The zero-order valence-corrected chi connectivity index (χ0v) is 16.9. The van der Waals surface area contributed by atoms with Crippen LogP contribution in [0.1, 0.15) is 31.7 Å². The number of aliphatic carboxylic acids is 1. The van der Waals surface area contributed by atoms with Gasteiger partial charge in [-0.15, -0.1) is 11.8 Å². The van der Waals surface area contributed by atoms with E-state index in [1.165, 1.54) is 23.6 Å². The second kappa shape index (κ2) is 8.69. The Bertz CT molecular complexity index is 869. The number of carbonyl (C=O) groups is 4. The lowest BCUT2D eigenvalue weighted by Gasteiger charge is -2.49. The van der Waals surface area contributed by atoms with E-state index in [1.54, 1.807) is 0 Å². The van der Waals surface area contributed by atoms with Crippen molar-refractivity contribution in [3.8, 4) is 0 Å². The summed E-state index contributed by atoms with van der Waals surface area (Å²) in [4.78, 5) is 48.9. The maximum Gasteiger partial charge on any atom is 0.352 e. The number of hydrogen-bond donors (Lipinski definition) is 2. The second-order valence-electron chi connectivity index (χ2n) is 7.01. The molecule has 1 aromatic rings. The van der Waals surface area contributed by atoms with Crippen molar-refractivity contribution in [3.05, 3.63) is 47.2 Å². The average Bonchev–Trinajstić information content (AvgIpc) is 2.70. The average molecular weight is 418 g/mol. The van der Waals surface area contributed by atoms with Gasteiger partial charge in [0.1, 0.15) is 23.7 Å². The highest BCUT2D eigenvalue weighted by atomic mass is 32.2. The number of nitrogens with zero attached hydrogens (tertiary/aromatic N) is 1. The van der Waals surface area contributed by atoms with E-state index in [-0.39, 0.29) is 30.5 Å². The van der Waals surface area contributed by atoms with Gasteiger partial charge in [0.25, 0.3) is 5.91 Å². The predicted octanol–water partition coefficient (Wildman–Crippen LogP) is 1.48. The fourth-order valence-electron chi connectivity index (χ4n) is 3.39. The third-order valence-corrected chi connectivity index (χ3v) is 6.22. The lowest BCUT2D eigenvalue weighted by Crippen LogP contribution is -2.70. The van der Waals surface area contributed by atoms with Gasteiger partial charge in [0.15, 0.2) is 0 Å². The predicted molar refractivity (Wildman–Crippen MR) is 106 cm³/mol. The molecule has 0 unspecified atom stereocenters. The van der Waals surface area contributed by atoms with Crippen LogP contribution in [0.3, 0.4) is 0 Å². The molecule has 154 valence electrons. The van der Waals surface area contributed by atoms with E-state index in [1.807, 2.05) is 37.3 Å². The minimum atomic E-state index is -1.26. The molecule has 2 N–H and O–H groups in total. The van der Waals surface area contributed by atoms with E-state index < -0.39 is 29.3 Å². The molecule has 0 radical (unpaired) electrons. The van der Waals surface area contributed by atoms with Gasteiger partial charge in [-0.25, -0.2) is 4.79 Å². The third kappa shape index (κ3) is 4.45. The molecule has 2 aliphatic heterocycles. The molecule has 0 aromatic heterocycles. The molecule has 2 amide bonds. The summed E-state index contributed by atoms with van der Waals surface area (Å²) in [5.41, 5.74) is 1.23. The Morgan fingerprint density at radius 1 is 1.31 bits per heavy atom. The molecule has 0 saturated carbocycles. The second-order valence-corrected chi connectivity index (χ2v) is 8.11. The summed E-state index contributed by atoms with van der Waals surface area (Å²) in [5, 5.41) is 11.8. The number of β-lactam (4-membered cyclic amide) rings is 1. The number of rotatable bonds is 7. The molecule has 0 spiro atoms. The topological polar surface area (TPSA) is 113 Å². The van der Waals surface area contributed by atoms with E-state index in [0.29, 0.717) is 11.3 Å². The maximum absolute atomic E-state index is 12.6. The molecule has 1 aromatic carbocycles. The number of ether oxygens (including phenoxy) is 1. The largest absolute Gasteiger partial charge is 0.477 e. The van der Waals surface area contributed by atoms with E-state index >= 15 is 0 Å². The van der Waals surface area contributed by atoms with Gasteiger partial charge in [-0.2, -0.15) is 0 Å². The van der Waals surface area contributed by atoms with Crippen LogP contribution in [0.5, 0.6) is 0 Å². The van der Waals surface area contributed by atoms with Gasteiger partial charge < -0.3 is 15.2 Å². The van der Waals surface area contributed by atoms with Crippen LogP contribution in [0, 0.1) is 0 Å². The minimum absolute atomic E-state index is 0.00806. The molecule has 2 aliphatic rings. The highest BCUT2D eigenvalue weighted by molar-refractivity contribution is 8.00. The van der Waals surface area contributed by atoms with Gasteiger partial charge in [-0.1, -0.05) is 37.3 Å². The van der Waals surface area contributed by atoms with Crippen molar-refractivity contribution < 1.29 is 29.0 Å². The molecule has 3 rings (SSSR count). The van der Waals surface area contributed by atoms with Crippen molar-refractivity contribution in [3.63, 3.8) is 0 Å². The normalized spacial score (nSPS) is 21.7. The molecular weight excluding hydrogens is 396 g/mol. The molecule has 8 nitrogen and oxygen atoms in total. The van der Waals surface area contributed by atoms with Crippen LogP contribution < -0.4 is 5.32 Å². The number of esters is 1. The quantitative estimate of drug-likeness (QED) is 0.509. The zero-order chi connectivity index (χ0) is 21.1. The summed E-state index contributed by atoms with van der Waals surface area (Å²) >= 11 is 1.34. The minimum Gasteiger partial charge on any atom is -0.477 e. The molecule has 1 fully saturated rings. The van der Waals surface area contributed by atoms with Crippen molar-refractivity contribution in [2.24, 2.45) is 0 Å². The number of amides is 2. The lowest BCUT2D eigenvalue weighted by atomic mass is 9.96. The summed E-state index contributed by atoms with van der Waals surface area (Å²) in [6.45, 7) is 2.99. The first-order valence-electron chi connectivity index (χ1n) is 9.17. The fraction of sp³-hybridized carbons (Fsp3) is 0.400. The Kier molecular flexibility index (Phi) is 6.26. The van der Waals surface area contributed by atoms with Crippen LogP contribution in [0.25, 0.3) is 0 Å². The van der Waals surface area contributed by atoms with Gasteiger partial charge in [-0.3, -0.25) is 19.3 Å². The van der Waals surface area contributed by atoms with Crippen molar-refractivity contribution >= 4 is 35.5 Å². The Balaban J connectivity index is 1.65. The molecule has 29 heavy (non-hydrogen) atoms. The summed E-state index contributed by atoms with van der Waals surface area (Å²) < 4.78 is 4.90. The standard InChI is InChI=1S/C20H22N2O6S/c1-11(13-6-4-3-5-7-13)8-15(24)21-16-18(25)22-17(20(26)27)14(9-28-12(2)23)10-29-19(16)22/h3-7,11,16,19H,8-10H2,1-2H3,(H,21,24)(H,26,27)/t11-,16+,19+/m1/s1.